The van der Waals surface area contributed by atoms with Gasteiger partial charge >= 0.3 is 0 Å². The molecule has 2 amide bonds. The van der Waals surface area contributed by atoms with Crippen LogP contribution in [0.2, 0.25) is 15.1 Å². The summed E-state index contributed by atoms with van der Waals surface area (Å²) in [4.78, 5) is 28.3. The van der Waals surface area contributed by atoms with Crippen LogP contribution in [0.1, 0.15) is 37.8 Å². The molecule has 40 heavy (non-hydrogen) atoms. The number of halogens is 3. The molecule has 0 heterocycles. The van der Waals surface area contributed by atoms with Gasteiger partial charge in [-0.2, -0.15) is 0 Å². The van der Waals surface area contributed by atoms with Gasteiger partial charge in [0.15, 0.2) is 0 Å². The van der Waals surface area contributed by atoms with Crippen LogP contribution in [-0.4, -0.2) is 44.3 Å². The molecule has 0 saturated carbocycles. The molecule has 0 saturated heterocycles. The maximum absolute atomic E-state index is 14.0. The molecule has 3 aromatic rings. The number of nitrogens with zero attached hydrogens (tertiary/aromatic N) is 2. The van der Waals surface area contributed by atoms with E-state index >= 15 is 0 Å². The third-order valence-corrected chi connectivity index (χ3v) is 9.20. The lowest BCUT2D eigenvalue weighted by Crippen LogP contribution is -2.51. The first kappa shape index (κ1) is 31.7. The number of carbonyl (C=O) groups excluding carboxylic acids is 2. The van der Waals surface area contributed by atoms with Gasteiger partial charge < -0.3 is 10.2 Å². The number of nitrogens with one attached hydrogen (secondary N) is 1. The first-order chi connectivity index (χ1) is 19.0. The van der Waals surface area contributed by atoms with Gasteiger partial charge in [0.05, 0.1) is 15.6 Å². The van der Waals surface area contributed by atoms with Crippen molar-refractivity contribution in [3.63, 3.8) is 0 Å². The second-order valence-corrected chi connectivity index (χ2v) is 12.4. The Morgan fingerprint density at radius 1 is 0.900 bits per heavy atom. The quantitative estimate of drug-likeness (QED) is 0.234. The zero-order valence-corrected chi connectivity index (χ0v) is 25.6. The van der Waals surface area contributed by atoms with Gasteiger partial charge in [-0.05, 0) is 56.7 Å². The molecule has 1 atom stereocenters. The second kappa shape index (κ2) is 14.2. The predicted molar refractivity (Wildman–Crippen MR) is 162 cm³/mol. The lowest BCUT2D eigenvalue weighted by molar-refractivity contribution is -0.139. The fourth-order valence-electron chi connectivity index (χ4n) is 3.98. The van der Waals surface area contributed by atoms with Crippen molar-refractivity contribution < 1.29 is 18.0 Å². The summed E-state index contributed by atoms with van der Waals surface area (Å²) in [7, 11) is -4.23. The smallest absolute Gasteiger partial charge is 0.264 e. The predicted octanol–water partition coefficient (Wildman–Crippen LogP) is 6.48. The Kier molecular flexibility index (Phi) is 11.3. The number of aryl methyl sites for hydroxylation is 1. The third kappa shape index (κ3) is 7.69. The molecule has 0 aliphatic heterocycles. The average molecular weight is 625 g/mol. The fraction of sp³-hybridized carbons (Fsp3) is 0.310. The van der Waals surface area contributed by atoms with Crippen LogP contribution in [0, 0.1) is 6.92 Å². The highest BCUT2D eigenvalue weighted by Crippen LogP contribution is 2.31. The van der Waals surface area contributed by atoms with E-state index in [0.717, 1.165) is 22.7 Å². The van der Waals surface area contributed by atoms with Crippen LogP contribution in [0.4, 0.5) is 5.69 Å². The summed E-state index contributed by atoms with van der Waals surface area (Å²) in [6, 6.07) is 16.7. The number of carbonyl (C=O) groups is 2. The van der Waals surface area contributed by atoms with Crippen molar-refractivity contribution in [2.45, 2.75) is 51.1 Å². The molecule has 0 radical (unpaired) electrons. The molecule has 0 aliphatic rings. The molecule has 0 bridgehead atoms. The molecule has 0 aliphatic carbocycles. The van der Waals surface area contributed by atoms with Gasteiger partial charge in [-0.3, -0.25) is 13.9 Å². The summed E-state index contributed by atoms with van der Waals surface area (Å²) in [5.74, 6) is -1.01. The molecule has 0 unspecified atom stereocenters. The number of unbranched alkanes of at least 4 members (excludes halogenated alkanes) is 1. The minimum absolute atomic E-state index is 0.00289. The zero-order valence-electron chi connectivity index (χ0n) is 22.5. The Bertz CT molecular complexity index is 1430. The number of anilines is 1. The number of hydrogen-bond donors (Lipinski definition) is 1. The largest absolute Gasteiger partial charge is 0.354 e. The number of amides is 2. The molecule has 214 valence electrons. The molecule has 11 heteroatoms. The number of para-hydroxylation sites is 1. The van der Waals surface area contributed by atoms with Crippen LogP contribution >= 0.6 is 34.8 Å². The van der Waals surface area contributed by atoms with Gasteiger partial charge in [-0.1, -0.05) is 84.0 Å². The Labute approximate surface area is 251 Å². The standard InChI is InChI=1S/C29H32Cl3N3O4S/c1-4-5-17-33-29(37)21(3)34(18-23-24(30)10-8-11-25(23)31)28(36)19-35(27-12-7-6-9-26(27)32)40(38,39)22-15-13-20(2)14-16-22/h6-16,21H,4-5,17-19H2,1-3H3,(H,33,37)/t21-/m1/s1. The van der Waals surface area contributed by atoms with E-state index in [0.29, 0.717) is 22.2 Å². The lowest BCUT2D eigenvalue weighted by Gasteiger charge is -2.32. The monoisotopic (exact) mass is 623 g/mol. The van der Waals surface area contributed by atoms with E-state index in [1.165, 1.54) is 23.1 Å². The summed E-state index contributed by atoms with van der Waals surface area (Å²) in [6.07, 6.45) is 1.66. The Morgan fingerprint density at radius 3 is 2.10 bits per heavy atom. The summed E-state index contributed by atoms with van der Waals surface area (Å²) < 4.78 is 28.7. The van der Waals surface area contributed by atoms with Crippen LogP contribution in [-0.2, 0) is 26.2 Å². The van der Waals surface area contributed by atoms with Crippen molar-refractivity contribution in [1.82, 2.24) is 10.2 Å². The number of benzene rings is 3. The highest BCUT2D eigenvalue weighted by atomic mass is 35.5. The first-order valence-electron chi connectivity index (χ1n) is 12.8. The van der Waals surface area contributed by atoms with Crippen molar-refractivity contribution in [3.05, 3.63) is 92.9 Å². The van der Waals surface area contributed by atoms with E-state index in [1.54, 1.807) is 55.5 Å². The van der Waals surface area contributed by atoms with Crippen molar-refractivity contribution >= 4 is 62.3 Å². The highest BCUT2D eigenvalue weighted by Gasteiger charge is 2.33. The third-order valence-electron chi connectivity index (χ3n) is 6.40. The minimum atomic E-state index is -4.23. The number of sulfonamides is 1. The molecule has 3 aromatic carbocycles. The molecule has 1 N–H and O–H groups in total. The lowest BCUT2D eigenvalue weighted by atomic mass is 10.1. The van der Waals surface area contributed by atoms with E-state index < -0.39 is 28.5 Å². The van der Waals surface area contributed by atoms with Gasteiger partial charge in [0, 0.05) is 28.7 Å². The second-order valence-electron chi connectivity index (χ2n) is 9.32. The average Bonchev–Trinajstić information content (AvgIpc) is 2.92. The van der Waals surface area contributed by atoms with Crippen LogP contribution in [0.5, 0.6) is 0 Å². The van der Waals surface area contributed by atoms with E-state index in [9.17, 15) is 18.0 Å². The molecule has 7 nitrogen and oxygen atoms in total. The van der Waals surface area contributed by atoms with Crippen molar-refractivity contribution in [1.29, 1.82) is 0 Å². The van der Waals surface area contributed by atoms with Gasteiger partial charge in [-0.25, -0.2) is 8.42 Å². The van der Waals surface area contributed by atoms with Crippen molar-refractivity contribution in [2.24, 2.45) is 0 Å². The van der Waals surface area contributed by atoms with Crippen molar-refractivity contribution in [3.8, 4) is 0 Å². The van der Waals surface area contributed by atoms with E-state index in [2.05, 4.69) is 5.32 Å². The van der Waals surface area contributed by atoms with Gasteiger partial charge in [-0.15, -0.1) is 0 Å². The summed E-state index contributed by atoms with van der Waals surface area (Å²) in [5, 5.41) is 3.62. The Hall–Kier alpha value is -2.78. The summed E-state index contributed by atoms with van der Waals surface area (Å²) >= 11 is 19.2. The van der Waals surface area contributed by atoms with Crippen LogP contribution < -0.4 is 9.62 Å². The molecule has 0 fully saturated rings. The zero-order chi connectivity index (χ0) is 29.4. The molecular weight excluding hydrogens is 593 g/mol. The van der Waals surface area contributed by atoms with Crippen molar-refractivity contribution in [2.75, 3.05) is 17.4 Å². The molecule has 0 spiro atoms. The minimum Gasteiger partial charge on any atom is -0.354 e. The molecule has 0 aromatic heterocycles. The van der Waals surface area contributed by atoms with Gasteiger partial charge in [0.1, 0.15) is 12.6 Å². The van der Waals surface area contributed by atoms with E-state index in [-0.39, 0.29) is 28.1 Å². The first-order valence-corrected chi connectivity index (χ1v) is 15.4. The Balaban J connectivity index is 2.05. The summed E-state index contributed by atoms with van der Waals surface area (Å²) in [6.45, 7) is 5.15. The fourth-order valence-corrected chi connectivity index (χ4v) is 6.22. The van der Waals surface area contributed by atoms with E-state index in [1.807, 2.05) is 13.8 Å². The topological polar surface area (TPSA) is 86.8 Å². The normalized spacial score (nSPS) is 12.1. The van der Waals surface area contributed by atoms with Gasteiger partial charge in [0.25, 0.3) is 10.0 Å². The van der Waals surface area contributed by atoms with Crippen LogP contribution in [0.15, 0.2) is 71.6 Å². The summed E-state index contributed by atoms with van der Waals surface area (Å²) in [5.41, 5.74) is 1.46. The highest BCUT2D eigenvalue weighted by molar-refractivity contribution is 7.92. The Morgan fingerprint density at radius 2 is 1.50 bits per heavy atom. The number of rotatable bonds is 12. The molecule has 3 rings (SSSR count). The van der Waals surface area contributed by atoms with Crippen LogP contribution in [0.25, 0.3) is 0 Å². The molecular formula is C29H32Cl3N3O4S. The SMILES string of the molecule is CCCCNC(=O)[C@@H](C)N(Cc1c(Cl)cccc1Cl)C(=O)CN(c1ccccc1Cl)S(=O)(=O)c1ccc(C)cc1. The van der Waals surface area contributed by atoms with E-state index in [4.69, 9.17) is 34.8 Å². The van der Waals surface area contributed by atoms with Crippen LogP contribution in [0.3, 0.4) is 0 Å². The number of hydrogen-bond acceptors (Lipinski definition) is 4. The maximum atomic E-state index is 14.0. The van der Waals surface area contributed by atoms with Gasteiger partial charge in [0.2, 0.25) is 11.8 Å². The maximum Gasteiger partial charge on any atom is 0.264 e.